The molecular formula is C23H23ClN2O2S. The minimum Gasteiger partial charge on any atom is -0.489 e. The molecule has 0 aromatic heterocycles. The zero-order valence-electron chi connectivity index (χ0n) is 16.3. The molecule has 0 bridgehead atoms. The lowest BCUT2D eigenvalue weighted by Gasteiger charge is -2.40. The van der Waals surface area contributed by atoms with Crippen molar-refractivity contribution in [3.05, 3.63) is 76.0 Å². The first-order valence-electron chi connectivity index (χ1n) is 9.88. The fourth-order valence-electron chi connectivity index (χ4n) is 3.97. The van der Waals surface area contributed by atoms with Crippen molar-refractivity contribution >= 4 is 34.7 Å². The van der Waals surface area contributed by atoms with Crippen LogP contribution in [-0.4, -0.2) is 22.3 Å². The number of halogens is 1. The highest BCUT2D eigenvalue weighted by molar-refractivity contribution is 7.80. The molecule has 1 aliphatic carbocycles. The van der Waals surface area contributed by atoms with Crippen LogP contribution in [0.25, 0.3) is 0 Å². The predicted molar refractivity (Wildman–Crippen MR) is 119 cm³/mol. The Labute approximate surface area is 181 Å². The monoisotopic (exact) mass is 426 g/mol. The van der Waals surface area contributed by atoms with Gasteiger partial charge in [-0.1, -0.05) is 35.9 Å². The van der Waals surface area contributed by atoms with Gasteiger partial charge < -0.3 is 15.0 Å². The van der Waals surface area contributed by atoms with Crippen molar-refractivity contribution in [1.82, 2.24) is 10.2 Å². The van der Waals surface area contributed by atoms with E-state index in [0.717, 1.165) is 47.5 Å². The van der Waals surface area contributed by atoms with Gasteiger partial charge in [-0.3, -0.25) is 4.79 Å². The van der Waals surface area contributed by atoms with Gasteiger partial charge in [0.15, 0.2) is 10.9 Å². The van der Waals surface area contributed by atoms with E-state index in [-0.39, 0.29) is 11.8 Å². The van der Waals surface area contributed by atoms with Crippen molar-refractivity contribution in [3.8, 4) is 5.75 Å². The second-order valence-corrected chi connectivity index (χ2v) is 8.07. The molecule has 0 amide bonds. The number of ether oxygens (including phenoxy) is 1. The van der Waals surface area contributed by atoms with E-state index in [0.29, 0.717) is 23.2 Å². The van der Waals surface area contributed by atoms with Crippen LogP contribution < -0.4 is 10.1 Å². The quantitative estimate of drug-likeness (QED) is 0.667. The summed E-state index contributed by atoms with van der Waals surface area (Å²) in [5.74, 6) is 0.964. The molecule has 4 rings (SSSR count). The van der Waals surface area contributed by atoms with Crippen molar-refractivity contribution in [3.63, 3.8) is 0 Å². The van der Waals surface area contributed by atoms with Gasteiger partial charge in [-0.05, 0) is 67.4 Å². The van der Waals surface area contributed by atoms with Crippen molar-refractivity contribution in [2.45, 2.75) is 38.8 Å². The van der Waals surface area contributed by atoms with E-state index in [9.17, 15) is 4.79 Å². The van der Waals surface area contributed by atoms with Gasteiger partial charge in [0.05, 0.1) is 6.04 Å². The van der Waals surface area contributed by atoms with E-state index in [1.54, 1.807) is 0 Å². The second kappa shape index (κ2) is 8.56. The third kappa shape index (κ3) is 4.16. The Hall–Kier alpha value is -2.37. The first-order valence-corrected chi connectivity index (χ1v) is 10.7. The van der Waals surface area contributed by atoms with Gasteiger partial charge in [0.25, 0.3) is 0 Å². The van der Waals surface area contributed by atoms with Crippen LogP contribution in [0.15, 0.2) is 59.8 Å². The summed E-state index contributed by atoms with van der Waals surface area (Å²) < 4.78 is 5.98. The minimum absolute atomic E-state index is 0.206. The lowest BCUT2D eigenvalue weighted by molar-refractivity contribution is -0.116. The maximum absolute atomic E-state index is 12.8. The van der Waals surface area contributed by atoms with Crippen LogP contribution in [0.3, 0.4) is 0 Å². The Kier molecular flexibility index (Phi) is 5.88. The van der Waals surface area contributed by atoms with E-state index in [1.165, 1.54) is 0 Å². The topological polar surface area (TPSA) is 41.6 Å². The molecular weight excluding hydrogens is 404 g/mol. The van der Waals surface area contributed by atoms with Crippen LogP contribution in [0.2, 0.25) is 5.02 Å². The number of carbonyl (C=O) groups is 1. The summed E-state index contributed by atoms with van der Waals surface area (Å²) in [7, 11) is 0. The van der Waals surface area contributed by atoms with Crippen LogP contribution in [0.1, 0.15) is 43.4 Å². The number of allylic oxidation sites excluding steroid dienone is 1. The Morgan fingerprint density at radius 1 is 1.21 bits per heavy atom. The molecule has 0 saturated carbocycles. The molecule has 1 N–H and O–H groups in total. The molecule has 0 saturated heterocycles. The van der Waals surface area contributed by atoms with Crippen LogP contribution in [0.5, 0.6) is 5.75 Å². The largest absolute Gasteiger partial charge is 0.489 e. The molecule has 0 fully saturated rings. The highest BCUT2D eigenvalue weighted by Gasteiger charge is 2.36. The standard InChI is InChI=1S/C23H23ClN2O2S/c1-2-26-19-7-4-8-20(27)21(19)22(25-23(26)29)16-5-3-6-18(13-16)28-14-15-9-11-17(24)12-10-15/h3,5-6,9-13,22H,2,4,7-8,14H2,1H3,(H,25,29). The molecule has 4 nitrogen and oxygen atoms in total. The Balaban J connectivity index is 1.60. The molecule has 6 heteroatoms. The average molecular weight is 427 g/mol. The summed E-state index contributed by atoms with van der Waals surface area (Å²) in [5, 5.41) is 4.76. The highest BCUT2D eigenvalue weighted by Crippen LogP contribution is 2.38. The van der Waals surface area contributed by atoms with Gasteiger partial charge >= 0.3 is 0 Å². The Bertz CT molecular complexity index is 971. The molecule has 1 unspecified atom stereocenters. The zero-order chi connectivity index (χ0) is 20.4. The van der Waals surface area contributed by atoms with E-state index in [2.05, 4.69) is 17.1 Å². The predicted octanol–water partition coefficient (Wildman–Crippen LogP) is 5.18. The number of thiocarbonyl (C=S) groups is 1. The molecule has 2 aromatic carbocycles. The lowest BCUT2D eigenvalue weighted by atomic mass is 9.85. The van der Waals surface area contributed by atoms with Crippen LogP contribution in [0, 0.1) is 0 Å². The van der Waals surface area contributed by atoms with E-state index in [4.69, 9.17) is 28.6 Å². The van der Waals surface area contributed by atoms with Gasteiger partial charge in [0.1, 0.15) is 12.4 Å². The summed E-state index contributed by atoms with van der Waals surface area (Å²) in [6.45, 7) is 3.27. The molecule has 1 heterocycles. The molecule has 2 aromatic rings. The summed E-state index contributed by atoms with van der Waals surface area (Å²) in [6, 6.07) is 15.3. The van der Waals surface area contributed by atoms with Crippen LogP contribution in [-0.2, 0) is 11.4 Å². The van der Waals surface area contributed by atoms with E-state index < -0.39 is 0 Å². The summed E-state index contributed by atoms with van der Waals surface area (Å²) >= 11 is 11.5. The summed E-state index contributed by atoms with van der Waals surface area (Å²) in [5.41, 5.74) is 3.95. The fraction of sp³-hybridized carbons (Fsp3) is 0.304. The summed E-state index contributed by atoms with van der Waals surface area (Å²) in [4.78, 5) is 14.8. The molecule has 0 spiro atoms. The number of benzene rings is 2. The van der Waals surface area contributed by atoms with Crippen molar-refractivity contribution in [2.24, 2.45) is 0 Å². The first-order chi connectivity index (χ1) is 14.1. The lowest BCUT2D eigenvalue weighted by Crippen LogP contribution is -2.49. The normalized spacial score (nSPS) is 19.1. The van der Waals surface area contributed by atoms with E-state index >= 15 is 0 Å². The van der Waals surface area contributed by atoms with Crippen molar-refractivity contribution in [2.75, 3.05) is 6.54 Å². The third-order valence-electron chi connectivity index (χ3n) is 5.38. The van der Waals surface area contributed by atoms with Gasteiger partial charge in [-0.25, -0.2) is 0 Å². The van der Waals surface area contributed by atoms with Gasteiger partial charge in [0, 0.05) is 29.3 Å². The number of hydrogen-bond donors (Lipinski definition) is 1. The Morgan fingerprint density at radius 2 is 2.00 bits per heavy atom. The van der Waals surface area contributed by atoms with Crippen molar-refractivity contribution in [1.29, 1.82) is 0 Å². The fourth-order valence-corrected chi connectivity index (χ4v) is 4.45. The minimum atomic E-state index is -0.229. The average Bonchev–Trinajstić information content (AvgIpc) is 2.73. The number of Topliss-reactive ketones (excluding diaryl/α,β-unsaturated/α-hetero) is 1. The van der Waals surface area contributed by atoms with Gasteiger partial charge in [-0.2, -0.15) is 0 Å². The van der Waals surface area contributed by atoms with E-state index in [1.807, 2.05) is 48.5 Å². The highest BCUT2D eigenvalue weighted by atomic mass is 35.5. The Morgan fingerprint density at radius 3 is 2.76 bits per heavy atom. The third-order valence-corrected chi connectivity index (χ3v) is 5.97. The number of rotatable bonds is 5. The number of ketones is 1. The molecule has 1 atom stereocenters. The molecule has 0 radical (unpaired) electrons. The zero-order valence-corrected chi connectivity index (χ0v) is 17.9. The first kappa shape index (κ1) is 19.9. The van der Waals surface area contributed by atoms with Crippen molar-refractivity contribution < 1.29 is 9.53 Å². The molecule has 2 aliphatic rings. The maximum atomic E-state index is 12.8. The number of nitrogens with one attached hydrogen (secondary N) is 1. The molecule has 29 heavy (non-hydrogen) atoms. The summed E-state index contributed by atoms with van der Waals surface area (Å²) in [6.07, 6.45) is 2.36. The number of carbonyl (C=O) groups excluding carboxylic acids is 1. The smallest absolute Gasteiger partial charge is 0.173 e. The van der Waals surface area contributed by atoms with Crippen LogP contribution in [0.4, 0.5) is 0 Å². The van der Waals surface area contributed by atoms with Gasteiger partial charge in [-0.15, -0.1) is 0 Å². The van der Waals surface area contributed by atoms with Crippen LogP contribution >= 0.6 is 23.8 Å². The molecule has 150 valence electrons. The van der Waals surface area contributed by atoms with Gasteiger partial charge in [0.2, 0.25) is 0 Å². The molecule has 1 aliphatic heterocycles. The number of nitrogens with zero attached hydrogens (tertiary/aromatic N) is 1. The maximum Gasteiger partial charge on any atom is 0.173 e. The number of hydrogen-bond acceptors (Lipinski definition) is 3. The second-order valence-electron chi connectivity index (χ2n) is 7.25. The SMILES string of the molecule is CCN1C(=S)NC(c2cccc(OCc3ccc(Cl)cc3)c2)C2=C1CCCC2=O.